The zero-order chi connectivity index (χ0) is 11.4. The Morgan fingerprint density at radius 2 is 1.44 bits per heavy atom. The lowest BCUT2D eigenvalue weighted by Crippen LogP contribution is -2.08. The zero-order valence-corrected chi connectivity index (χ0v) is 9.30. The van der Waals surface area contributed by atoms with Crippen molar-refractivity contribution in [1.82, 2.24) is 0 Å². The highest BCUT2D eigenvalue weighted by atomic mass is 15.1. The van der Waals surface area contributed by atoms with Crippen molar-refractivity contribution in [1.29, 1.82) is 0 Å². The van der Waals surface area contributed by atoms with Crippen LogP contribution in [0.3, 0.4) is 0 Å². The number of nitrogens with zero attached hydrogens (tertiary/aromatic N) is 1. The Morgan fingerprint density at radius 3 is 2.00 bits per heavy atom. The lowest BCUT2D eigenvalue weighted by atomic mass is 10.2. The molecule has 0 aliphatic heterocycles. The van der Waals surface area contributed by atoms with Gasteiger partial charge in [0.25, 0.3) is 0 Å². The van der Waals surface area contributed by atoms with Crippen molar-refractivity contribution in [2.45, 2.75) is 0 Å². The largest absolute Gasteiger partial charge is 0.345 e. The minimum Gasteiger partial charge on any atom is -0.345 e. The van der Waals surface area contributed by atoms with Crippen LogP contribution >= 0.6 is 0 Å². The predicted octanol–water partition coefficient (Wildman–Crippen LogP) is 3.90. The average molecular weight is 208 g/mol. The standard InChI is InChI=1S/C15H14N/c1-3-13-9-11-15(12-10-13)16(2)14-7-5-4-6-8-14/h1,3-12H,2H3. The van der Waals surface area contributed by atoms with Gasteiger partial charge in [0.05, 0.1) is 0 Å². The number of para-hydroxylation sites is 1. The average Bonchev–Trinajstić information content (AvgIpc) is 2.39. The summed E-state index contributed by atoms with van der Waals surface area (Å²) in [6.45, 7) is 5.45. The molecule has 2 rings (SSSR count). The first-order chi connectivity index (χ1) is 7.81. The van der Waals surface area contributed by atoms with Crippen molar-refractivity contribution in [3.05, 3.63) is 66.7 Å². The maximum atomic E-state index is 5.45. The van der Waals surface area contributed by atoms with Crippen LogP contribution in [0.25, 0.3) is 6.08 Å². The van der Waals surface area contributed by atoms with Crippen LogP contribution in [0.15, 0.2) is 54.6 Å². The summed E-state index contributed by atoms with van der Waals surface area (Å²) in [5.74, 6) is 0. The molecule has 0 spiro atoms. The van der Waals surface area contributed by atoms with Crippen LogP contribution in [0.1, 0.15) is 5.56 Å². The molecule has 0 fully saturated rings. The van der Waals surface area contributed by atoms with Crippen LogP contribution < -0.4 is 4.90 Å². The lowest BCUT2D eigenvalue weighted by Gasteiger charge is -2.19. The summed E-state index contributed by atoms with van der Waals surface area (Å²) in [4.78, 5) is 2.14. The van der Waals surface area contributed by atoms with E-state index in [4.69, 9.17) is 6.58 Å². The molecule has 1 heteroatoms. The van der Waals surface area contributed by atoms with Gasteiger partial charge in [-0.2, -0.15) is 0 Å². The molecule has 2 aromatic carbocycles. The van der Waals surface area contributed by atoms with Gasteiger partial charge in [-0.25, -0.2) is 0 Å². The van der Waals surface area contributed by atoms with Crippen molar-refractivity contribution in [2.75, 3.05) is 11.9 Å². The number of rotatable bonds is 3. The first-order valence-electron chi connectivity index (χ1n) is 5.25. The first-order valence-corrected chi connectivity index (χ1v) is 5.25. The van der Waals surface area contributed by atoms with Crippen LogP contribution in [-0.2, 0) is 0 Å². The molecular weight excluding hydrogens is 194 g/mol. The molecule has 79 valence electrons. The van der Waals surface area contributed by atoms with Gasteiger partial charge in [0.1, 0.15) is 0 Å². The van der Waals surface area contributed by atoms with Gasteiger partial charge in [0, 0.05) is 18.4 Å². The molecule has 0 saturated heterocycles. The summed E-state index contributed by atoms with van der Waals surface area (Å²) in [5, 5.41) is 0. The Labute approximate surface area is 96.7 Å². The van der Waals surface area contributed by atoms with Crippen molar-refractivity contribution >= 4 is 17.5 Å². The van der Waals surface area contributed by atoms with E-state index in [1.807, 2.05) is 30.3 Å². The Bertz CT molecular complexity index is 457. The van der Waals surface area contributed by atoms with Crippen molar-refractivity contribution < 1.29 is 0 Å². The molecule has 0 N–H and O–H groups in total. The fourth-order valence-corrected chi connectivity index (χ4v) is 1.61. The minimum absolute atomic E-state index is 1.03. The van der Waals surface area contributed by atoms with Gasteiger partial charge >= 0.3 is 0 Å². The van der Waals surface area contributed by atoms with E-state index in [1.165, 1.54) is 5.69 Å². The number of hydrogen-bond donors (Lipinski definition) is 0. The minimum atomic E-state index is 1.03. The van der Waals surface area contributed by atoms with Gasteiger partial charge in [-0.3, -0.25) is 0 Å². The van der Waals surface area contributed by atoms with E-state index in [2.05, 4.69) is 36.2 Å². The van der Waals surface area contributed by atoms with Gasteiger partial charge in [0.15, 0.2) is 0 Å². The molecular formula is C15H14N. The van der Waals surface area contributed by atoms with E-state index in [-0.39, 0.29) is 0 Å². The third kappa shape index (κ3) is 2.14. The number of anilines is 2. The fourth-order valence-electron chi connectivity index (χ4n) is 1.61. The van der Waals surface area contributed by atoms with Crippen molar-refractivity contribution in [2.24, 2.45) is 0 Å². The molecule has 0 amide bonds. The monoisotopic (exact) mass is 208 g/mol. The van der Waals surface area contributed by atoms with Crippen molar-refractivity contribution in [3.63, 3.8) is 0 Å². The van der Waals surface area contributed by atoms with Crippen LogP contribution in [0.5, 0.6) is 0 Å². The van der Waals surface area contributed by atoms with Crippen LogP contribution in [0.4, 0.5) is 11.4 Å². The highest BCUT2D eigenvalue weighted by Gasteiger charge is 2.01. The second kappa shape index (κ2) is 4.67. The van der Waals surface area contributed by atoms with E-state index < -0.39 is 0 Å². The Kier molecular flexibility index (Phi) is 3.06. The van der Waals surface area contributed by atoms with Gasteiger partial charge < -0.3 is 4.90 Å². The number of benzene rings is 2. The highest BCUT2D eigenvalue weighted by molar-refractivity contribution is 5.63. The summed E-state index contributed by atoms with van der Waals surface area (Å²) in [6.07, 6.45) is 1.60. The van der Waals surface area contributed by atoms with Gasteiger partial charge in [-0.1, -0.05) is 43.0 Å². The van der Waals surface area contributed by atoms with Gasteiger partial charge in [-0.05, 0) is 29.8 Å². The number of hydrogen-bond acceptors (Lipinski definition) is 1. The zero-order valence-electron chi connectivity index (χ0n) is 9.30. The summed E-state index contributed by atoms with van der Waals surface area (Å²) in [7, 11) is 2.05. The highest BCUT2D eigenvalue weighted by Crippen LogP contribution is 2.23. The molecule has 1 nitrogen and oxygen atoms in total. The molecule has 2 aromatic rings. The first kappa shape index (κ1) is 10.5. The van der Waals surface area contributed by atoms with E-state index >= 15 is 0 Å². The lowest BCUT2D eigenvalue weighted by molar-refractivity contribution is 1.21. The van der Waals surface area contributed by atoms with Gasteiger partial charge in [-0.15, -0.1) is 0 Å². The quantitative estimate of drug-likeness (QED) is 0.739. The molecule has 0 bridgehead atoms. The SMILES string of the molecule is [CH]=Cc1ccc(N(C)c2ccccc2)cc1. The molecule has 16 heavy (non-hydrogen) atoms. The Balaban J connectivity index is 2.27. The summed E-state index contributed by atoms with van der Waals surface area (Å²) < 4.78 is 0. The van der Waals surface area contributed by atoms with Crippen LogP contribution in [0, 0.1) is 6.58 Å². The summed E-state index contributed by atoms with van der Waals surface area (Å²) in [5.41, 5.74) is 3.36. The third-order valence-electron chi connectivity index (χ3n) is 2.62. The molecule has 0 atom stereocenters. The molecule has 0 aliphatic rings. The normalized spacial score (nSPS) is 9.81. The maximum Gasteiger partial charge on any atom is 0.0408 e. The smallest absolute Gasteiger partial charge is 0.0408 e. The molecule has 0 heterocycles. The molecule has 0 aromatic heterocycles. The van der Waals surface area contributed by atoms with E-state index in [1.54, 1.807) is 6.08 Å². The predicted molar refractivity (Wildman–Crippen MR) is 69.7 cm³/mol. The molecule has 0 unspecified atom stereocenters. The Hall–Kier alpha value is -2.02. The van der Waals surface area contributed by atoms with E-state index in [0.717, 1.165) is 11.3 Å². The van der Waals surface area contributed by atoms with Crippen LogP contribution in [-0.4, -0.2) is 7.05 Å². The van der Waals surface area contributed by atoms with Crippen LogP contribution in [0.2, 0.25) is 0 Å². The molecule has 0 aliphatic carbocycles. The molecule has 0 saturated carbocycles. The fraction of sp³-hybridized carbons (Fsp3) is 0.0667. The van der Waals surface area contributed by atoms with E-state index in [0.29, 0.717) is 0 Å². The van der Waals surface area contributed by atoms with Gasteiger partial charge in [0.2, 0.25) is 0 Å². The second-order valence-electron chi connectivity index (χ2n) is 3.65. The third-order valence-corrected chi connectivity index (χ3v) is 2.62. The topological polar surface area (TPSA) is 3.24 Å². The summed E-state index contributed by atoms with van der Waals surface area (Å²) in [6, 6.07) is 18.4. The molecule has 1 radical (unpaired) electrons. The van der Waals surface area contributed by atoms with E-state index in [9.17, 15) is 0 Å². The Morgan fingerprint density at radius 1 is 0.875 bits per heavy atom. The maximum absolute atomic E-state index is 5.45. The van der Waals surface area contributed by atoms with Crippen molar-refractivity contribution in [3.8, 4) is 0 Å². The summed E-state index contributed by atoms with van der Waals surface area (Å²) >= 11 is 0. The second-order valence-corrected chi connectivity index (χ2v) is 3.65.